The number of hydrogen-bond acceptors (Lipinski definition) is 6. The minimum absolute atomic E-state index is 0.845. The van der Waals surface area contributed by atoms with Crippen molar-refractivity contribution in [1.82, 2.24) is 43.1 Å². The largest absolute Gasteiger partial charge is 0.290 e. The molecule has 9 nitrogen and oxygen atoms in total. The van der Waals surface area contributed by atoms with E-state index in [9.17, 15) is 0 Å². The lowest BCUT2D eigenvalue weighted by Crippen LogP contribution is -2.00. The van der Waals surface area contributed by atoms with Gasteiger partial charge in [-0.3, -0.25) is 13.2 Å². The number of aromatic nitrogens is 9. The van der Waals surface area contributed by atoms with Gasteiger partial charge < -0.3 is 0 Å². The van der Waals surface area contributed by atoms with E-state index < -0.39 is 0 Å². The van der Waals surface area contributed by atoms with Crippen molar-refractivity contribution in [2.45, 2.75) is 38.5 Å². The standard InChI is InChI=1S/C42H33N9/c1-4-10-37-34(7-1)40-46-31(22-49(40)25-43-37)16-13-28-19-29(14-17-32-23-50-26-44-38-11-5-2-8-35(38)41(50)47-32)21-30(20-28)15-18-33-24-51-27-45-39-12-6-3-9-36(39)42(51)48-33/h1-12,19-27H,13-18H2. The summed E-state index contributed by atoms with van der Waals surface area (Å²) in [6.45, 7) is 0. The van der Waals surface area contributed by atoms with Gasteiger partial charge in [0.1, 0.15) is 35.9 Å². The molecule has 9 heteroatoms. The monoisotopic (exact) mass is 663 g/mol. The van der Waals surface area contributed by atoms with Crippen molar-refractivity contribution < 1.29 is 0 Å². The summed E-state index contributed by atoms with van der Waals surface area (Å²) in [5.74, 6) is 0. The second kappa shape index (κ2) is 12.1. The molecule has 10 aromatic rings. The zero-order valence-electron chi connectivity index (χ0n) is 27.9. The van der Waals surface area contributed by atoms with Crippen LogP contribution in [0.1, 0.15) is 33.8 Å². The first-order valence-corrected chi connectivity index (χ1v) is 17.5. The van der Waals surface area contributed by atoms with E-state index in [4.69, 9.17) is 15.0 Å². The molecule has 0 amide bonds. The Bertz CT molecular complexity index is 2570. The number of fused-ring (bicyclic) bond motifs is 9. The Kier molecular flexibility index (Phi) is 7.00. The van der Waals surface area contributed by atoms with E-state index in [2.05, 4.69) is 69.9 Å². The van der Waals surface area contributed by atoms with Gasteiger partial charge >= 0.3 is 0 Å². The fourth-order valence-corrected chi connectivity index (χ4v) is 7.35. The van der Waals surface area contributed by atoms with Crippen molar-refractivity contribution in [2.75, 3.05) is 0 Å². The first-order valence-electron chi connectivity index (χ1n) is 17.5. The highest BCUT2D eigenvalue weighted by Crippen LogP contribution is 2.23. The topological polar surface area (TPSA) is 90.6 Å². The fraction of sp³-hybridized carbons (Fsp3) is 0.143. The van der Waals surface area contributed by atoms with Crippen LogP contribution in [0.4, 0.5) is 0 Å². The molecule has 0 spiro atoms. The minimum Gasteiger partial charge on any atom is -0.290 e. The van der Waals surface area contributed by atoms with E-state index in [0.717, 1.165) is 105 Å². The van der Waals surface area contributed by atoms with Gasteiger partial charge in [-0.05, 0) is 91.6 Å². The molecule has 0 saturated heterocycles. The minimum atomic E-state index is 0.845. The number of imidazole rings is 3. The van der Waals surface area contributed by atoms with Crippen molar-refractivity contribution in [1.29, 1.82) is 0 Å². The fourth-order valence-electron chi connectivity index (χ4n) is 7.35. The van der Waals surface area contributed by atoms with Crippen molar-refractivity contribution in [2.24, 2.45) is 0 Å². The summed E-state index contributed by atoms with van der Waals surface area (Å²) in [6.07, 6.45) is 17.2. The van der Waals surface area contributed by atoms with E-state index in [1.807, 2.05) is 86.8 Å². The molecule has 0 N–H and O–H groups in total. The molecule has 10 rings (SSSR count). The van der Waals surface area contributed by atoms with Gasteiger partial charge in [-0.2, -0.15) is 0 Å². The highest BCUT2D eigenvalue weighted by molar-refractivity contribution is 5.92. The summed E-state index contributed by atoms with van der Waals surface area (Å²) >= 11 is 0. The van der Waals surface area contributed by atoms with E-state index in [-0.39, 0.29) is 0 Å². The van der Waals surface area contributed by atoms with Crippen molar-refractivity contribution in [3.05, 3.63) is 162 Å². The molecule has 0 saturated carbocycles. The average Bonchev–Trinajstić information content (AvgIpc) is 3.92. The number of nitrogens with zero attached hydrogens (tertiary/aromatic N) is 9. The normalized spacial score (nSPS) is 12.0. The zero-order chi connectivity index (χ0) is 33.7. The van der Waals surface area contributed by atoms with Crippen LogP contribution in [0.5, 0.6) is 0 Å². The molecule has 51 heavy (non-hydrogen) atoms. The molecule has 0 unspecified atom stereocenters. The summed E-state index contributed by atoms with van der Waals surface area (Å²) < 4.78 is 6.13. The van der Waals surface area contributed by atoms with Gasteiger partial charge in [-0.25, -0.2) is 29.9 Å². The van der Waals surface area contributed by atoms with Gasteiger partial charge in [-0.1, -0.05) is 54.6 Å². The molecule has 0 atom stereocenters. The molecule has 4 aromatic carbocycles. The molecule has 0 radical (unpaired) electrons. The molecule has 0 aliphatic heterocycles. The SMILES string of the molecule is c1ccc2c(c1)ncn1cc(CCc3cc(CCc4cn5cnc6ccccc6c5n4)cc(CCc4cn5cnc6ccccc6c5n4)c3)nc21. The third kappa shape index (κ3) is 5.53. The van der Waals surface area contributed by atoms with Gasteiger partial charge in [0, 0.05) is 34.7 Å². The van der Waals surface area contributed by atoms with Crippen molar-refractivity contribution >= 4 is 49.7 Å². The third-order valence-corrected chi connectivity index (χ3v) is 9.87. The van der Waals surface area contributed by atoms with Gasteiger partial charge in [0.15, 0.2) is 0 Å². The smallest absolute Gasteiger partial charge is 0.147 e. The molecule has 0 aliphatic rings. The van der Waals surface area contributed by atoms with Gasteiger partial charge in [-0.15, -0.1) is 0 Å². The first-order chi connectivity index (χ1) is 25.2. The number of para-hydroxylation sites is 3. The highest BCUT2D eigenvalue weighted by Gasteiger charge is 2.12. The van der Waals surface area contributed by atoms with Crippen LogP contribution in [0.25, 0.3) is 49.7 Å². The maximum atomic E-state index is 5.03. The zero-order valence-corrected chi connectivity index (χ0v) is 27.9. The summed E-state index contributed by atoms with van der Waals surface area (Å²) in [7, 11) is 0. The number of benzene rings is 4. The number of aryl methyl sites for hydroxylation is 6. The van der Waals surface area contributed by atoms with Crippen LogP contribution < -0.4 is 0 Å². The third-order valence-electron chi connectivity index (χ3n) is 9.87. The molecule has 0 bridgehead atoms. The number of hydrogen-bond donors (Lipinski definition) is 0. The van der Waals surface area contributed by atoms with Crippen molar-refractivity contribution in [3.63, 3.8) is 0 Å². The quantitative estimate of drug-likeness (QED) is 0.158. The predicted octanol–water partition coefficient (Wildman–Crippen LogP) is 7.63. The van der Waals surface area contributed by atoms with Gasteiger partial charge in [0.2, 0.25) is 0 Å². The van der Waals surface area contributed by atoms with Crippen LogP contribution in [0, 0.1) is 0 Å². The lowest BCUT2D eigenvalue weighted by atomic mass is 9.96. The highest BCUT2D eigenvalue weighted by atomic mass is 15.1. The van der Waals surface area contributed by atoms with E-state index in [1.165, 1.54) is 16.7 Å². The van der Waals surface area contributed by atoms with Crippen LogP contribution in [-0.2, 0) is 38.5 Å². The second-order valence-corrected chi connectivity index (χ2v) is 13.3. The summed E-state index contributed by atoms with van der Waals surface area (Å²) in [5, 5.41) is 3.21. The van der Waals surface area contributed by atoms with Crippen LogP contribution in [-0.4, -0.2) is 43.1 Å². The Morgan fingerprint density at radius 1 is 0.373 bits per heavy atom. The summed E-state index contributed by atoms with van der Waals surface area (Å²) in [5.41, 5.74) is 12.9. The Hall–Kier alpha value is -6.48. The van der Waals surface area contributed by atoms with Crippen LogP contribution in [0.3, 0.4) is 0 Å². The molecular weight excluding hydrogens is 631 g/mol. The lowest BCUT2D eigenvalue weighted by molar-refractivity contribution is 0.878. The van der Waals surface area contributed by atoms with Gasteiger partial charge in [0.05, 0.1) is 33.6 Å². The van der Waals surface area contributed by atoms with Crippen LogP contribution >= 0.6 is 0 Å². The average molecular weight is 664 g/mol. The molecule has 6 heterocycles. The molecule has 246 valence electrons. The molecular formula is C42H33N9. The summed E-state index contributed by atoms with van der Waals surface area (Å²) in [6, 6.07) is 31.7. The maximum Gasteiger partial charge on any atom is 0.147 e. The van der Waals surface area contributed by atoms with E-state index >= 15 is 0 Å². The van der Waals surface area contributed by atoms with E-state index in [0.29, 0.717) is 0 Å². The second-order valence-electron chi connectivity index (χ2n) is 13.3. The lowest BCUT2D eigenvalue weighted by Gasteiger charge is -2.10. The Labute approximate surface area is 293 Å². The Morgan fingerprint density at radius 2 is 0.686 bits per heavy atom. The summed E-state index contributed by atoms with van der Waals surface area (Å²) in [4.78, 5) is 28.9. The van der Waals surface area contributed by atoms with Crippen LogP contribution in [0.2, 0.25) is 0 Å². The first kappa shape index (κ1) is 29.4. The molecule has 6 aromatic heterocycles. The molecule has 0 fully saturated rings. The Morgan fingerprint density at radius 3 is 1.02 bits per heavy atom. The van der Waals surface area contributed by atoms with Crippen LogP contribution in [0.15, 0.2) is 129 Å². The van der Waals surface area contributed by atoms with E-state index in [1.54, 1.807) is 0 Å². The van der Waals surface area contributed by atoms with Crippen molar-refractivity contribution in [3.8, 4) is 0 Å². The maximum absolute atomic E-state index is 5.03. The Balaban J connectivity index is 0.932. The number of rotatable bonds is 9. The molecule has 0 aliphatic carbocycles. The predicted molar refractivity (Wildman–Crippen MR) is 200 cm³/mol. The van der Waals surface area contributed by atoms with Gasteiger partial charge in [0.25, 0.3) is 0 Å².